The number of aliphatic hydroxyl groups is 1. The van der Waals surface area contributed by atoms with Gasteiger partial charge in [-0.1, -0.05) is 31.5 Å². The van der Waals surface area contributed by atoms with E-state index in [4.69, 9.17) is 4.74 Å². The van der Waals surface area contributed by atoms with Crippen molar-refractivity contribution >= 4 is 0 Å². The lowest BCUT2D eigenvalue weighted by Gasteiger charge is -2.27. The fourth-order valence-electron chi connectivity index (χ4n) is 1.88. The number of hydrogen-bond acceptors (Lipinski definition) is 3. The van der Waals surface area contributed by atoms with Crippen LogP contribution in [0.15, 0.2) is 30.3 Å². The van der Waals surface area contributed by atoms with E-state index in [1.807, 2.05) is 30.3 Å². The molecule has 3 nitrogen and oxygen atoms in total. The number of benzene rings is 1. The lowest BCUT2D eigenvalue weighted by atomic mass is 9.99. The van der Waals surface area contributed by atoms with Crippen LogP contribution in [0.2, 0.25) is 0 Å². The summed E-state index contributed by atoms with van der Waals surface area (Å²) in [6.45, 7) is 7.35. The summed E-state index contributed by atoms with van der Waals surface area (Å²) in [6, 6.07) is 9.56. The van der Waals surface area contributed by atoms with E-state index in [9.17, 15) is 5.11 Å². The van der Waals surface area contributed by atoms with Crippen LogP contribution in [-0.2, 0) is 0 Å². The Labute approximate surface area is 110 Å². The average Bonchev–Trinajstić information content (AvgIpc) is 2.35. The van der Waals surface area contributed by atoms with Gasteiger partial charge in [-0.05, 0) is 32.4 Å². The molecule has 0 aliphatic heterocycles. The van der Waals surface area contributed by atoms with Crippen molar-refractivity contribution in [2.75, 3.05) is 13.2 Å². The summed E-state index contributed by atoms with van der Waals surface area (Å²) in [4.78, 5) is 0. The third-order valence-corrected chi connectivity index (χ3v) is 2.88. The smallest absolute Gasteiger partial charge is 0.119 e. The van der Waals surface area contributed by atoms with E-state index < -0.39 is 6.10 Å². The van der Waals surface area contributed by atoms with Gasteiger partial charge in [-0.15, -0.1) is 0 Å². The molecule has 0 amide bonds. The summed E-state index contributed by atoms with van der Waals surface area (Å²) in [6.07, 6.45) is 1.75. The predicted octanol–water partition coefficient (Wildman–Crippen LogP) is 2.59. The van der Waals surface area contributed by atoms with Crippen LogP contribution in [0.1, 0.15) is 33.6 Å². The minimum atomic E-state index is -0.485. The maximum absolute atomic E-state index is 9.85. The molecule has 18 heavy (non-hydrogen) atoms. The first kappa shape index (κ1) is 15.0. The molecule has 0 spiro atoms. The van der Waals surface area contributed by atoms with Gasteiger partial charge in [-0.3, -0.25) is 0 Å². The number of nitrogens with one attached hydrogen (secondary N) is 1. The molecule has 0 aromatic heterocycles. The van der Waals surface area contributed by atoms with Gasteiger partial charge in [0.25, 0.3) is 0 Å². The highest BCUT2D eigenvalue weighted by atomic mass is 16.5. The Kier molecular flexibility index (Phi) is 6.16. The van der Waals surface area contributed by atoms with Crippen molar-refractivity contribution in [2.24, 2.45) is 0 Å². The number of β-amino-alcohol motifs (C(OH)–C–C–N with tert-alkyl or cyclic N) is 1. The molecule has 0 aliphatic rings. The zero-order valence-electron chi connectivity index (χ0n) is 11.6. The monoisotopic (exact) mass is 251 g/mol. The first-order valence-corrected chi connectivity index (χ1v) is 6.64. The minimum Gasteiger partial charge on any atom is -0.491 e. The van der Waals surface area contributed by atoms with Gasteiger partial charge in [-0.25, -0.2) is 0 Å². The van der Waals surface area contributed by atoms with Gasteiger partial charge in [0.2, 0.25) is 0 Å². The molecule has 1 unspecified atom stereocenters. The molecule has 3 heteroatoms. The summed E-state index contributed by atoms with van der Waals surface area (Å²) in [5.74, 6) is 0.796. The molecular weight excluding hydrogens is 226 g/mol. The number of para-hydroxylation sites is 1. The molecule has 1 aromatic rings. The summed E-state index contributed by atoms with van der Waals surface area (Å²) >= 11 is 0. The third-order valence-electron chi connectivity index (χ3n) is 2.88. The molecule has 2 N–H and O–H groups in total. The van der Waals surface area contributed by atoms with Crippen LogP contribution < -0.4 is 10.1 Å². The van der Waals surface area contributed by atoms with Crippen molar-refractivity contribution in [3.8, 4) is 5.75 Å². The maximum Gasteiger partial charge on any atom is 0.119 e. The number of aliphatic hydroxyl groups excluding tert-OH is 1. The van der Waals surface area contributed by atoms with E-state index in [-0.39, 0.29) is 5.54 Å². The average molecular weight is 251 g/mol. The van der Waals surface area contributed by atoms with Crippen LogP contribution in [-0.4, -0.2) is 29.9 Å². The third kappa shape index (κ3) is 6.03. The van der Waals surface area contributed by atoms with Crippen LogP contribution in [0, 0.1) is 0 Å². The fraction of sp³-hybridized carbons (Fsp3) is 0.600. The van der Waals surface area contributed by atoms with E-state index >= 15 is 0 Å². The van der Waals surface area contributed by atoms with E-state index in [1.165, 1.54) is 0 Å². The molecule has 1 atom stereocenters. The quantitative estimate of drug-likeness (QED) is 0.746. The Morgan fingerprint density at radius 2 is 1.94 bits per heavy atom. The lowest BCUT2D eigenvalue weighted by molar-refractivity contribution is 0.0981. The second-order valence-corrected chi connectivity index (χ2v) is 5.29. The summed E-state index contributed by atoms with van der Waals surface area (Å²) < 4.78 is 5.50. The van der Waals surface area contributed by atoms with E-state index in [1.54, 1.807) is 0 Å². The Balaban J connectivity index is 2.24. The van der Waals surface area contributed by atoms with Crippen LogP contribution in [0.25, 0.3) is 0 Å². The largest absolute Gasteiger partial charge is 0.491 e. The first-order valence-electron chi connectivity index (χ1n) is 6.64. The number of hydrogen-bond donors (Lipinski definition) is 2. The molecule has 1 aromatic carbocycles. The van der Waals surface area contributed by atoms with Gasteiger partial charge in [0.15, 0.2) is 0 Å². The SMILES string of the molecule is CCCC(C)(C)NCC(O)COc1ccccc1. The highest BCUT2D eigenvalue weighted by Crippen LogP contribution is 2.11. The Bertz CT molecular complexity index is 325. The minimum absolute atomic E-state index is 0.0719. The van der Waals surface area contributed by atoms with Crippen molar-refractivity contribution in [2.45, 2.75) is 45.3 Å². The molecule has 0 aliphatic carbocycles. The van der Waals surface area contributed by atoms with Crippen molar-refractivity contribution < 1.29 is 9.84 Å². The topological polar surface area (TPSA) is 41.5 Å². The summed E-state index contributed by atoms with van der Waals surface area (Å²) in [5.41, 5.74) is 0.0719. The molecule has 0 saturated carbocycles. The second-order valence-electron chi connectivity index (χ2n) is 5.29. The van der Waals surface area contributed by atoms with Gasteiger partial charge in [-0.2, -0.15) is 0 Å². The number of ether oxygens (including phenoxy) is 1. The number of rotatable bonds is 8. The molecule has 1 rings (SSSR count). The zero-order chi connectivity index (χ0) is 13.4. The fourth-order valence-corrected chi connectivity index (χ4v) is 1.88. The van der Waals surface area contributed by atoms with Crippen molar-refractivity contribution in [3.63, 3.8) is 0 Å². The van der Waals surface area contributed by atoms with Crippen molar-refractivity contribution in [3.05, 3.63) is 30.3 Å². The van der Waals surface area contributed by atoms with Crippen molar-refractivity contribution in [1.29, 1.82) is 0 Å². The van der Waals surface area contributed by atoms with Crippen LogP contribution in [0.5, 0.6) is 5.75 Å². The Morgan fingerprint density at radius 3 is 2.56 bits per heavy atom. The van der Waals surface area contributed by atoms with Crippen LogP contribution in [0.3, 0.4) is 0 Å². The standard InChI is InChI=1S/C15H25NO2/c1-4-10-15(2,3)16-11-13(17)12-18-14-8-6-5-7-9-14/h5-9,13,16-17H,4,10-12H2,1-3H3. The van der Waals surface area contributed by atoms with E-state index in [0.29, 0.717) is 13.2 Å². The molecule has 0 fully saturated rings. The van der Waals surface area contributed by atoms with Gasteiger partial charge in [0.1, 0.15) is 18.5 Å². The summed E-state index contributed by atoms with van der Waals surface area (Å²) in [5, 5.41) is 13.2. The highest BCUT2D eigenvalue weighted by molar-refractivity contribution is 5.20. The van der Waals surface area contributed by atoms with E-state index in [0.717, 1.165) is 18.6 Å². The molecule has 102 valence electrons. The van der Waals surface area contributed by atoms with Crippen molar-refractivity contribution in [1.82, 2.24) is 5.32 Å². The predicted molar refractivity (Wildman–Crippen MR) is 74.9 cm³/mol. The normalized spacial score (nSPS) is 13.3. The maximum atomic E-state index is 9.85. The molecule has 0 radical (unpaired) electrons. The molecule has 0 saturated heterocycles. The molecule has 0 bridgehead atoms. The van der Waals surface area contributed by atoms with E-state index in [2.05, 4.69) is 26.1 Å². The lowest BCUT2D eigenvalue weighted by Crippen LogP contribution is -2.44. The highest BCUT2D eigenvalue weighted by Gasteiger charge is 2.17. The second kappa shape index (κ2) is 7.39. The van der Waals surface area contributed by atoms with Gasteiger partial charge >= 0.3 is 0 Å². The molecule has 0 heterocycles. The van der Waals surface area contributed by atoms with Gasteiger partial charge < -0.3 is 15.2 Å². The zero-order valence-corrected chi connectivity index (χ0v) is 11.6. The Hall–Kier alpha value is -1.06. The summed E-state index contributed by atoms with van der Waals surface area (Å²) in [7, 11) is 0. The molecular formula is C15H25NO2. The first-order chi connectivity index (χ1) is 8.53. The van der Waals surface area contributed by atoms with Crippen LogP contribution in [0.4, 0.5) is 0 Å². The van der Waals surface area contributed by atoms with Crippen LogP contribution >= 0.6 is 0 Å². The Morgan fingerprint density at radius 1 is 1.28 bits per heavy atom. The van der Waals surface area contributed by atoms with Gasteiger partial charge in [0.05, 0.1) is 0 Å². The van der Waals surface area contributed by atoms with Gasteiger partial charge in [0, 0.05) is 12.1 Å².